The summed E-state index contributed by atoms with van der Waals surface area (Å²) in [6.45, 7) is 0. The number of rotatable bonds is 5. The van der Waals surface area contributed by atoms with Crippen LogP contribution < -0.4 is 0 Å². The number of aromatic amines is 1. The number of ketones is 1. The standard InChI is InChI=1S/C17H13Cl2N3O2/c18-14-4-3-11(15(19)12(14)7-10-5-6-20-22-10)16(23)13-8-21-24-17(13)9-1-2-9/h3-6,8-9H,1-2,7H2,(H,20,22). The lowest BCUT2D eigenvalue weighted by atomic mass is 9.99. The van der Waals surface area contributed by atoms with Gasteiger partial charge in [-0.25, -0.2) is 0 Å². The number of hydrogen-bond donors (Lipinski definition) is 1. The summed E-state index contributed by atoms with van der Waals surface area (Å²) in [6.07, 6.45) is 5.64. The largest absolute Gasteiger partial charge is 0.360 e. The van der Waals surface area contributed by atoms with Crippen molar-refractivity contribution in [3.8, 4) is 0 Å². The lowest BCUT2D eigenvalue weighted by molar-refractivity contribution is 0.103. The minimum absolute atomic E-state index is 0.189. The van der Waals surface area contributed by atoms with E-state index in [1.807, 2.05) is 6.07 Å². The SMILES string of the molecule is O=C(c1cnoc1C1CC1)c1ccc(Cl)c(Cc2ccn[nH]2)c1Cl. The molecule has 1 N–H and O–H groups in total. The summed E-state index contributed by atoms with van der Waals surface area (Å²) >= 11 is 12.8. The van der Waals surface area contributed by atoms with Crippen LogP contribution in [-0.2, 0) is 6.42 Å². The van der Waals surface area contributed by atoms with Crippen LogP contribution in [0.5, 0.6) is 0 Å². The van der Waals surface area contributed by atoms with Crippen molar-refractivity contribution in [1.29, 1.82) is 0 Å². The van der Waals surface area contributed by atoms with E-state index in [1.165, 1.54) is 6.20 Å². The Kier molecular flexibility index (Phi) is 3.90. The van der Waals surface area contributed by atoms with Gasteiger partial charge in [0.1, 0.15) is 0 Å². The molecular weight excluding hydrogens is 349 g/mol. The summed E-state index contributed by atoms with van der Waals surface area (Å²) < 4.78 is 5.26. The van der Waals surface area contributed by atoms with Crippen LogP contribution in [0.4, 0.5) is 0 Å². The van der Waals surface area contributed by atoms with Crippen molar-refractivity contribution in [3.05, 3.63) is 68.8 Å². The number of halogens is 2. The molecule has 0 saturated heterocycles. The molecule has 0 atom stereocenters. The summed E-state index contributed by atoms with van der Waals surface area (Å²) in [5.74, 6) is 0.758. The van der Waals surface area contributed by atoms with E-state index in [4.69, 9.17) is 27.7 Å². The van der Waals surface area contributed by atoms with E-state index < -0.39 is 0 Å². The van der Waals surface area contributed by atoms with Crippen LogP contribution in [0, 0.1) is 0 Å². The second kappa shape index (κ2) is 6.07. The average molecular weight is 362 g/mol. The third-order valence-corrected chi connectivity index (χ3v) is 4.93. The highest BCUT2D eigenvalue weighted by Crippen LogP contribution is 2.42. The maximum Gasteiger partial charge on any atom is 0.199 e. The van der Waals surface area contributed by atoms with Gasteiger partial charge in [-0.2, -0.15) is 5.10 Å². The zero-order valence-electron chi connectivity index (χ0n) is 12.6. The number of H-pyrrole nitrogens is 1. The summed E-state index contributed by atoms with van der Waals surface area (Å²) in [4.78, 5) is 12.9. The molecule has 24 heavy (non-hydrogen) atoms. The van der Waals surface area contributed by atoms with Gasteiger partial charge in [0.25, 0.3) is 0 Å². The van der Waals surface area contributed by atoms with Gasteiger partial charge in [0.15, 0.2) is 11.5 Å². The monoisotopic (exact) mass is 361 g/mol. The Labute approximate surface area is 147 Å². The zero-order valence-corrected chi connectivity index (χ0v) is 14.1. The first-order valence-electron chi connectivity index (χ1n) is 7.59. The molecule has 4 rings (SSSR count). The molecule has 2 heterocycles. The third kappa shape index (κ3) is 2.74. The Morgan fingerprint density at radius 2 is 2.08 bits per heavy atom. The summed E-state index contributed by atoms with van der Waals surface area (Å²) in [6, 6.07) is 5.18. The van der Waals surface area contributed by atoms with E-state index in [9.17, 15) is 4.79 Å². The lowest BCUT2D eigenvalue weighted by Gasteiger charge is -2.10. The maximum atomic E-state index is 12.9. The van der Waals surface area contributed by atoms with Gasteiger partial charge in [0, 0.05) is 34.8 Å². The minimum atomic E-state index is -0.189. The van der Waals surface area contributed by atoms with Crippen LogP contribution in [-0.4, -0.2) is 21.1 Å². The highest BCUT2D eigenvalue weighted by molar-refractivity contribution is 6.39. The second-order valence-electron chi connectivity index (χ2n) is 5.85. The van der Waals surface area contributed by atoms with Gasteiger partial charge >= 0.3 is 0 Å². The Morgan fingerprint density at radius 3 is 2.79 bits per heavy atom. The molecule has 1 aliphatic carbocycles. The van der Waals surface area contributed by atoms with Crippen molar-refractivity contribution in [3.63, 3.8) is 0 Å². The highest BCUT2D eigenvalue weighted by atomic mass is 35.5. The first-order valence-corrected chi connectivity index (χ1v) is 8.35. The van der Waals surface area contributed by atoms with Gasteiger partial charge < -0.3 is 4.52 Å². The number of benzene rings is 1. The van der Waals surface area contributed by atoms with Crippen LogP contribution in [0.15, 0.2) is 35.1 Å². The molecule has 1 aromatic carbocycles. The Balaban J connectivity index is 1.72. The van der Waals surface area contributed by atoms with E-state index in [-0.39, 0.29) is 5.78 Å². The number of aromatic nitrogens is 3. The Morgan fingerprint density at radius 1 is 1.25 bits per heavy atom. The number of nitrogens with zero attached hydrogens (tertiary/aromatic N) is 2. The molecule has 3 aromatic rings. The van der Waals surface area contributed by atoms with Gasteiger partial charge in [-0.1, -0.05) is 28.4 Å². The Bertz CT molecular complexity index is 899. The fraction of sp³-hybridized carbons (Fsp3) is 0.235. The second-order valence-corrected chi connectivity index (χ2v) is 6.64. The van der Waals surface area contributed by atoms with E-state index in [2.05, 4.69) is 15.4 Å². The van der Waals surface area contributed by atoms with Crippen molar-refractivity contribution in [2.24, 2.45) is 0 Å². The topological polar surface area (TPSA) is 71.8 Å². The van der Waals surface area contributed by atoms with Crippen LogP contribution >= 0.6 is 23.2 Å². The van der Waals surface area contributed by atoms with Crippen LogP contribution in [0.1, 0.15) is 51.7 Å². The first kappa shape index (κ1) is 15.4. The molecule has 7 heteroatoms. The molecule has 122 valence electrons. The molecule has 1 aliphatic rings. The number of carbonyl (C=O) groups excluding carboxylic acids is 1. The molecule has 0 aliphatic heterocycles. The van der Waals surface area contributed by atoms with E-state index in [0.717, 1.165) is 18.5 Å². The molecule has 1 saturated carbocycles. The van der Waals surface area contributed by atoms with Crippen LogP contribution in [0.25, 0.3) is 0 Å². The highest BCUT2D eigenvalue weighted by Gasteiger charge is 2.33. The molecule has 0 bridgehead atoms. The molecule has 1 fully saturated rings. The summed E-state index contributed by atoms with van der Waals surface area (Å²) in [5.41, 5.74) is 2.44. The maximum absolute atomic E-state index is 12.9. The van der Waals surface area contributed by atoms with Gasteiger partial charge in [0.05, 0.1) is 16.8 Å². The van der Waals surface area contributed by atoms with Crippen molar-refractivity contribution in [2.45, 2.75) is 25.2 Å². The lowest BCUT2D eigenvalue weighted by Crippen LogP contribution is -2.06. The Hall–Kier alpha value is -2.11. The van der Waals surface area contributed by atoms with Gasteiger partial charge in [0.2, 0.25) is 0 Å². The molecule has 2 aromatic heterocycles. The molecule has 0 spiro atoms. The van der Waals surface area contributed by atoms with Crippen molar-refractivity contribution >= 4 is 29.0 Å². The molecular formula is C17H13Cl2N3O2. The predicted octanol–water partition coefficient (Wildman–Crippen LogP) is 4.40. The van der Waals surface area contributed by atoms with Gasteiger partial charge in [-0.3, -0.25) is 9.89 Å². The first-order chi connectivity index (χ1) is 11.6. The molecule has 0 unspecified atom stereocenters. The molecule has 5 nitrogen and oxygen atoms in total. The van der Waals surface area contributed by atoms with E-state index >= 15 is 0 Å². The number of nitrogens with one attached hydrogen (secondary N) is 1. The molecule has 0 radical (unpaired) electrons. The summed E-state index contributed by atoms with van der Waals surface area (Å²) in [5, 5.41) is 11.4. The van der Waals surface area contributed by atoms with Crippen molar-refractivity contribution in [2.75, 3.05) is 0 Å². The van der Waals surface area contributed by atoms with E-state index in [0.29, 0.717) is 44.8 Å². The van der Waals surface area contributed by atoms with Gasteiger partial charge in [-0.05, 0) is 36.6 Å². The smallest absolute Gasteiger partial charge is 0.199 e. The number of carbonyl (C=O) groups is 1. The van der Waals surface area contributed by atoms with Crippen molar-refractivity contribution in [1.82, 2.24) is 15.4 Å². The van der Waals surface area contributed by atoms with Crippen molar-refractivity contribution < 1.29 is 9.32 Å². The predicted molar refractivity (Wildman–Crippen MR) is 89.8 cm³/mol. The third-order valence-electron chi connectivity index (χ3n) is 4.15. The van der Waals surface area contributed by atoms with Gasteiger partial charge in [-0.15, -0.1) is 0 Å². The number of hydrogen-bond acceptors (Lipinski definition) is 4. The fourth-order valence-electron chi connectivity index (χ4n) is 2.71. The van der Waals surface area contributed by atoms with Crippen LogP contribution in [0.2, 0.25) is 10.0 Å². The minimum Gasteiger partial charge on any atom is -0.360 e. The van der Waals surface area contributed by atoms with E-state index in [1.54, 1.807) is 18.3 Å². The average Bonchev–Trinajstić information content (AvgIpc) is 3.09. The zero-order chi connectivity index (χ0) is 16.7. The van der Waals surface area contributed by atoms with Crippen LogP contribution in [0.3, 0.4) is 0 Å². The normalized spacial score (nSPS) is 14.1. The summed E-state index contributed by atoms with van der Waals surface area (Å²) in [7, 11) is 0. The molecule has 0 amide bonds. The quantitative estimate of drug-likeness (QED) is 0.683. The fourth-order valence-corrected chi connectivity index (χ4v) is 3.30.